The minimum atomic E-state index is 0.707. The molecule has 1 fully saturated rings. The van der Waals surface area contributed by atoms with E-state index in [0.29, 0.717) is 6.04 Å². The second-order valence-electron chi connectivity index (χ2n) is 4.95. The summed E-state index contributed by atoms with van der Waals surface area (Å²) in [6, 6.07) is 0.707. The number of rotatable bonds is 5. The molecule has 0 aromatic rings. The Balaban J connectivity index is 2.26. The maximum absolute atomic E-state index is 5.73. The lowest BCUT2D eigenvalue weighted by molar-refractivity contribution is 0.0944. The fraction of sp³-hybridized carbons (Fsp3) is 1.00. The summed E-state index contributed by atoms with van der Waals surface area (Å²) in [6.07, 6.45) is 2.49. The first-order valence-electron chi connectivity index (χ1n) is 6.30. The van der Waals surface area contributed by atoms with E-state index in [1.54, 1.807) is 0 Å². The van der Waals surface area contributed by atoms with Crippen LogP contribution in [0.4, 0.5) is 0 Å². The SMILES string of the molecule is CCC(CN)CCN1CCN(C)CC1C. The zero-order valence-corrected chi connectivity index (χ0v) is 10.6. The highest BCUT2D eigenvalue weighted by Crippen LogP contribution is 2.12. The van der Waals surface area contributed by atoms with E-state index in [0.717, 1.165) is 12.5 Å². The molecule has 0 bridgehead atoms. The highest BCUT2D eigenvalue weighted by Gasteiger charge is 2.21. The van der Waals surface area contributed by atoms with Gasteiger partial charge in [-0.1, -0.05) is 13.3 Å². The van der Waals surface area contributed by atoms with Crippen molar-refractivity contribution >= 4 is 0 Å². The molecule has 1 aliphatic heterocycles. The molecule has 1 heterocycles. The lowest BCUT2D eigenvalue weighted by atomic mass is 10.0. The van der Waals surface area contributed by atoms with Gasteiger partial charge >= 0.3 is 0 Å². The van der Waals surface area contributed by atoms with E-state index in [-0.39, 0.29) is 0 Å². The van der Waals surface area contributed by atoms with Gasteiger partial charge in [0.15, 0.2) is 0 Å². The molecule has 0 aliphatic carbocycles. The Morgan fingerprint density at radius 2 is 2.13 bits per heavy atom. The van der Waals surface area contributed by atoms with E-state index in [1.807, 2.05) is 0 Å². The normalized spacial score (nSPS) is 26.8. The van der Waals surface area contributed by atoms with Crippen molar-refractivity contribution in [1.29, 1.82) is 0 Å². The molecule has 2 atom stereocenters. The summed E-state index contributed by atoms with van der Waals surface area (Å²) in [7, 11) is 2.21. The average molecular weight is 213 g/mol. The summed E-state index contributed by atoms with van der Waals surface area (Å²) in [6.45, 7) is 10.3. The van der Waals surface area contributed by atoms with Crippen LogP contribution in [-0.4, -0.2) is 55.6 Å². The molecule has 90 valence electrons. The van der Waals surface area contributed by atoms with Gasteiger partial charge < -0.3 is 10.6 Å². The molecule has 2 unspecified atom stereocenters. The van der Waals surface area contributed by atoms with E-state index < -0.39 is 0 Å². The summed E-state index contributed by atoms with van der Waals surface area (Å²) in [4.78, 5) is 5.03. The van der Waals surface area contributed by atoms with E-state index in [1.165, 1.54) is 39.0 Å². The number of piperazine rings is 1. The maximum Gasteiger partial charge on any atom is 0.0195 e. The fourth-order valence-corrected chi connectivity index (χ4v) is 2.35. The molecule has 0 saturated carbocycles. The van der Waals surface area contributed by atoms with Crippen LogP contribution in [-0.2, 0) is 0 Å². The molecule has 0 spiro atoms. The van der Waals surface area contributed by atoms with Crippen molar-refractivity contribution in [3.63, 3.8) is 0 Å². The van der Waals surface area contributed by atoms with Crippen molar-refractivity contribution in [3.8, 4) is 0 Å². The second kappa shape index (κ2) is 6.46. The predicted octanol–water partition coefficient (Wildman–Crippen LogP) is 0.997. The third-order valence-electron chi connectivity index (χ3n) is 3.70. The number of nitrogens with two attached hydrogens (primary N) is 1. The second-order valence-corrected chi connectivity index (χ2v) is 4.95. The summed E-state index contributed by atoms with van der Waals surface area (Å²) < 4.78 is 0. The van der Waals surface area contributed by atoms with Gasteiger partial charge in [0.05, 0.1) is 0 Å². The van der Waals surface area contributed by atoms with Gasteiger partial charge in [0.1, 0.15) is 0 Å². The van der Waals surface area contributed by atoms with E-state index in [4.69, 9.17) is 5.73 Å². The summed E-state index contributed by atoms with van der Waals surface area (Å²) in [5.41, 5.74) is 5.73. The Kier molecular flexibility index (Phi) is 5.58. The third-order valence-corrected chi connectivity index (χ3v) is 3.70. The molecular weight excluding hydrogens is 186 g/mol. The molecular formula is C12H27N3. The quantitative estimate of drug-likeness (QED) is 0.739. The van der Waals surface area contributed by atoms with Crippen molar-refractivity contribution in [2.45, 2.75) is 32.7 Å². The molecule has 3 nitrogen and oxygen atoms in total. The summed E-state index contributed by atoms with van der Waals surface area (Å²) >= 11 is 0. The highest BCUT2D eigenvalue weighted by atomic mass is 15.3. The number of hydrogen-bond acceptors (Lipinski definition) is 3. The third kappa shape index (κ3) is 4.09. The number of hydrogen-bond donors (Lipinski definition) is 1. The average Bonchev–Trinajstić information content (AvgIpc) is 2.22. The van der Waals surface area contributed by atoms with Gasteiger partial charge in [0.25, 0.3) is 0 Å². The van der Waals surface area contributed by atoms with Crippen LogP contribution in [0.2, 0.25) is 0 Å². The summed E-state index contributed by atoms with van der Waals surface area (Å²) in [5, 5.41) is 0. The molecule has 2 N–H and O–H groups in total. The predicted molar refractivity (Wildman–Crippen MR) is 66.0 cm³/mol. The Morgan fingerprint density at radius 3 is 2.67 bits per heavy atom. The van der Waals surface area contributed by atoms with Crippen LogP contribution in [0, 0.1) is 5.92 Å². The first kappa shape index (κ1) is 12.9. The van der Waals surface area contributed by atoms with Crippen LogP contribution in [0.5, 0.6) is 0 Å². The molecule has 0 radical (unpaired) electrons. The van der Waals surface area contributed by atoms with Crippen molar-refractivity contribution < 1.29 is 0 Å². The van der Waals surface area contributed by atoms with Gasteiger partial charge in [-0.2, -0.15) is 0 Å². The zero-order chi connectivity index (χ0) is 11.3. The topological polar surface area (TPSA) is 32.5 Å². The zero-order valence-electron chi connectivity index (χ0n) is 10.6. The van der Waals surface area contributed by atoms with Crippen molar-refractivity contribution in [3.05, 3.63) is 0 Å². The molecule has 3 heteroatoms. The van der Waals surface area contributed by atoms with Crippen molar-refractivity contribution in [2.75, 3.05) is 39.8 Å². The minimum absolute atomic E-state index is 0.707. The van der Waals surface area contributed by atoms with Gasteiger partial charge in [-0.05, 0) is 39.4 Å². The smallest absolute Gasteiger partial charge is 0.0195 e. The van der Waals surface area contributed by atoms with Crippen LogP contribution < -0.4 is 5.73 Å². The summed E-state index contributed by atoms with van der Waals surface area (Å²) in [5.74, 6) is 0.719. The first-order valence-corrected chi connectivity index (χ1v) is 6.30. The molecule has 0 aromatic carbocycles. The molecule has 1 rings (SSSR count). The molecule has 0 aromatic heterocycles. The molecule has 15 heavy (non-hydrogen) atoms. The van der Waals surface area contributed by atoms with Crippen molar-refractivity contribution in [1.82, 2.24) is 9.80 Å². The largest absolute Gasteiger partial charge is 0.330 e. The Bertz CT molecular complexity index is 168. The lowest BCUT2D eigenvalue weighted by Gasteiger charge is -2.38. The van der Waals surface area contributed by atoms with Gasteiger partial charge in [0, 0.05) is 25.7 Å². The Labute approximate surface area is 94.6 Å². The molecule has 0 amide bonds. The van der Waals surface area contributed by atoms with Crippen LogP contribution >= 0.6 is 0 Å². The van der Waals surface area contributed by atoms with E-state index in [2.05, 4.69) is 30.7 Å². The molecule has 1 aliphatic rings. The highest BCUT2D eigenvalue weighted by molar-refractivity contribution is 4.77. The lowest BCUT2D eigenvalue weighted by Crippen LogP contribution is -2.50. The van der Waals surface area contributed by atoms with Crippen LogP contribution in [0.25, 0.3) is 0 Å². The monoisotopic (exact) mass is 213 g/mol. The Morgan fingerprint density at radius 1 is 1.40 bits per heavy atom. The van der Waals surface area contributed by atoms with E-state index >= 15 is 0 Å². The van der Waals surface area contributed by atoms with Gasteiger partial charge in [0.2, 0.25) is 0 Å². The van der Waals surface area contributed by atoms with Gasteiger partial charge in [-0.3, -0.25) is 4.90 Å². The van der Waals surface area contributed by atoms with Crippen LogP contribution in [0.1, 0.15) is 26.7 Å². The van der Waals surface area contributed by atoms with E-state index in [9.17, 15) is 0 Å². The first-order chi connectivity index (χ1) is 7.17. The number of nitrogens with zero attached hydrogens (tertiary/aromatic N) is 2. The van der Waals surface area contributed by atoms with Gasteiger partial charge in [-0.25, -0.2) is 0 Å². The maximum atomic E-state index is 5.73. The minimum Gasteiger partial charge on any atom is -0.330 e. The van der Waals surface area contributed by atoms with Crippen LogP contribution in [0.3, 0.4) is 0 Å². The fourth-order valence-electron chi connectivity index (χ4n) is 2.35. The standard InChI is InChI=1S/C12H27N3/c1-4-12(9-13)5-6-15-8-7-14(3)10-11(15)2/h11-12H,4-10,13H2,1-3H3. The van der Waals surface area contributed by atoms with Crippen molar-refractivity contribution in [2.24, 2.45) is 11.7 Å². The van der Waals surface area contributed by atoms with Crippen LogP contribution in [0.15, 0.2) is 0 Å². The molecule has 1 saturated heterocycles. The number of likely N-dealkylation sites (N-methyl/N-ethyl adjacent to an activating group) is 1. The Hall–Kier alpha value is -0.120. The van der Waals surface area contributed by atoms with Gasteiger partial charge in [-0.15, -0.1) is 0 Å².